The summed E-state index contributed by atoms with van der Waals surface area (Å²) in [5.74, 6) is 0. The van der Waals surface area contributed by atoms with E-state index in [4.69, 9.17) is 0 Å². The Labute approximate surface area is 73.6 Å². The summed E-state index contributed by atoms with van der Waals surface area (Å²) in [4.78, 5) is 8.01. The highest BCUT2D eigenvalue weighted by Gasteiger charge is 2.09. The standard InChI is InChI=1S/C7H9BrN2O/c1-5-7(6(11)4-8)10-3-2-9-5/h2-3,6,11H,4H2,1H3/t6-/m0/s1. The third kappa shape index (κ3) is 1.97. The van der Waals surface area contributed by atoms with E-state index in [1.807, 2.05) is 6.92 Å². The topological polar surface area (TPSA) is 46.0 Å². The van der Waals surface area contributed by atoms with Crippen molar-refractivity contribution in [3.63, 3.8) is 0 Å². The number of hydrogen-bond donors (Lipinski definition) is 1. The maximum atomic E-state index is 9.36. The van der Waals surface area contributed by atoms with Crippen LogP contribution >= 0.6 is 15.9 Å². The Morgan fingerprint density at radius 3 is 2.73 bits per heavy atom. The summed E-state index contributed by atoms with van der Waals surface area (Å²) in [5, 5.41) is 9.85. The highest BCUT2D eigenvalue weighted by Crippen LogP contribution is 2.13. The Morgan fingerprint density at radius 1 is 1.55 bits per heavy atom. The molecule has 1 rings (SSSR count). The molecule has 0 amide bonds. The third-order valence-electron chi connectivity index (χ3n) is 1.38. The van der Waals surface area contributed by atoms with E-state index in [0.717, 1.165) is 5.69 Å². The van der Waals surface area contributed by atoms with Crippen molar-refractivity contribution < 1.29 is 5.11 Å². The minimum Gasteiger partial charge on any atom is -0.386 e. The summed E-state index contributed by atoms with van der Waals surface area (Å²) in [5.41, 5.74) is 1.42. The molecule has 0 unspecified atom stereocenters. The molecule has 1 aromatic rings. The van der Waals surface area contributed by atoms with E-state index in [-0.39, 0.29) is 0 Å². The zero-order chi connectivity index (χ0) is 8.27. The van der Waals surface area contributed by atoms with E-state index in [1.165, 1.54) is 0 Å². The van der Waals surface area contributed by atoms with Crippen LogP contribution in [0.3, 0.4) is 0 Å². The van der Waals surface area contributed by atoms with Gasteiger partial charge in [0, 0.05) is 17.7 Å². The number of aryl methyl sites for hydroxylation is 1. The first-order valence-electron chi connectivity index (χ1n) is 3.27. The maximum absolute atomic E-state index is 9.36. The number of hydrogen-bond acceptors (Lipinski definition) is 3. The largest absolute Gasteiger partial charge is 0.386 e. The van der Waals surface area contributed by atoms with E-state index in [0.29, 0.717) is 11.0 Å². The molecular formula is C7H9BrN2O. The molecule has 0 fully saturated rings. The SMILES string of the molecule is Cc1nccnc1[C@@H](O)CBr. The molecule has 0 aliphatic carbocycles. The first kappa shape index (κ1) is 8.62. The second-order valence-corrected chi connectivity index (χ2v) is 2.84. The molecule has 0 aromatic carbocycles. The minimum atomic E-state index is -0.552. The van der Waals surface area contributed by atoms with E-state index < -0.39 is 6.10 Å². The molecule has 1 aromatic heterocycles. The van der Waals surface area contributed by atoms with Crippen LogP contribution in [0.25, 0.3) is 0 Å². The van der Waals surface area contributed by atoms with Crippen LogP contribution in [0, 0.1) is 6.92 Å². The molecule has 4 heteroatoms. The fourth-order valence-electron chi connectivity index (χ4n) is 0.819. The second kappa shape index (κ2) is 3.78. The van der Waals surface area contributed by atoms with Crippen molar-refractivity contribution in [3.05, 3.63) is 23.8 Å². The van der Waals surface area contributed by atoms with Crippen molar-refractivity contribution in [2.75, 3.05) is 5.33 Å². The van der Waals surface area contributed by atoms with Gasteiger partial charge in [0.25, 0.3) is 0 Å². The summed E-state index contributed by atoms with van der Waals surface area (Å²) >= 11 is 3.17. The van der Waals surface area contributed by atoms with Crippen LogP contribution in [-0.2, 0) is 0 Å². The van der Waals surface area contributed by atoms with Gasteiger partial charge in [-0.15, -0.1) is 0 Å². The molecule has 1 N–H and O–H groups in total. The van der Waals surface area contributed by atoms with E-state index >= 15 is 0 Å². The van der Waals surface area contributed by atoms with Gasteiger partial charge in [-0.1, -0.05) is 15.9 Å². The maximum Gasteiger partial charge on any atom is 0.107 e. The van der Waals surface area contributed by atoms with E-state index in [2.05, 4.69) is 25.9 Å². The molecule has 1 heterocycles. The van der Waals surface area contributed by atoms with Gasteiger partial charge in [-0.05, 0) is 6.92 Å². The number of nitrogens with zero attached hydrogens (tertiary/aromatic N) is 2. The van der Waals surface area contributed by atoms with Gasteiger partial charge < -0.3 is 5.11 Å². The van der Waals surface area contributed by atoms with Crippen LogP contribution in [-0.4, -0.2) is 20.4 Å². The fraction of sp³-hybridized carbons (Fsp3) is 0.429. The molecule has 0 aliphatic heterocycles. The molecule has 3 nitrogen and oxygen atoms in total. The average molecular weight is 217 g/mol. The second-order valence-electron chi connectivity index (χ2n) is 2.20. The lowest BCUT2D eigenvalue weighted by Crippen LogP contribution is -2.04. The molecule has 0 spiro atoms. The summed E-state index contributed by atoms with van der Waals surface area (Å²) in [7, 11) is 0. The van der Waals surface area contributed by atoms with Gasteiger partial charge in [0.1, 0.15) is 6.10 Å². The van der Waals surface area contributed by atoms with E-state index in [1.54, 1.807) is 12.4 Å². The molecule has 11 heavy (non-hydrogen) atoms. The molecule has 0 saturated heterocycles. The first-order chi connectivity index (χ1) is 5.25. The quantitative estimate of drug-likeness (QED) is 0.757. The van der Waals surface area contributed by atoms with Crippen molar-refractivity contribution in [1.29, 1.82) is 0 Å². The third-order valence-corrected chi connectivity index (χ3v) is 1.99. The monoisotopic (exact) mass is 216 g/mol. The van der Waals surface area contributed by atoms with Crippen LogP contribution in [0.15, 0.2) is 12.4 Å². The molecule has 0 aliphatic rings. The van der Waals surface area contributed by atoms with Crippen LogP contribution < -0.4 is 0 Å². The number of alkyl halides is 1. The van der Waals surface area contributed by atoms with Gasteiger partial charge >= 0.3 is 0 Å². The highest BCUT2D eigenvalue weighted by molar-refractivity contribution is 9.09. The van der Waals surface area contributed by atoms with Gasteiger partial charge in [0.2, 0.25) is 0 Å². The van der Waals surface area contributed by atoms with E-state index in [9.17, 15) is 5.11 Å². The van der Waals surface area contributed by atoms with Crippen molar-refractivity contribution in [2.45, 2.75) is 13.0 Å². The normalized spacial score (nSPS) is 13.0. The van der Waals surface area contributed by atoms with Crippen molar-refractivity contribution in [3.8, 4) is 0 Å². The lowest BCUT2D eigenvalue weighted by molar-refractivity contribution is 0.199. The zero-order valence-electron chi connectivity index (χ0n) is 6.16. The number of rotatable bonds is 2. The highest BCUT2D eigenvalue weighted by atomic mass is 79.9. The number of halogens is 1. The van der Waals surface area contributed by atoms with Crippen LogP contribution in [0.2, 0.25) is 0 Å². The van der Waals surface area contributed by atoms with Crippen LogP contribution in [0.1, 0.15) is 17.5 Å². The molecule has 0 saturated carbocycles. The molecule has 60 valence electrons. The fourth-order valence-corrected chi connectivity index (χ4v) is 1.13. The van der Waals surface area contributed by atoms with Crippen LogP contribution in [0.5, 0.6) is 0 Å². The predicted octanol–water partition coefficient (Wildman–Crippen LogP) is 1.21. The lowest BCUT2D eigenvalue weighted by atomic mass is 10.2. The average Bonchev–Trinajstić information content (AvgIpc) is 2.04. The van der Waals surface area contributed by atoms with Gasteiger partial charge in [-0.25, -0.2) is 0 Å². The van der Waals surface area contributed by atoms with Crippen molar-refractivity contribution in [2.24, 2.45) is 0 Å². The van der Waals surface area contributed by atoms with Crippen LogP contribution in [0.4, 0.5) is 0 Å². The number of aliphatic hydroxyl groups is 1. The molecular weight excluding hydrogens is 208 g/mol. The zero-order valence-corrected chi connectivity index (χ0v) is 7.74. The summed E-state index contributed by atoms with van der Waals surface area (Å²) < 4.78 is 0. The number of aliphatic hydroxyl groups excluding tert-OH is 1. The summed E-state index contributed by atoms with van der Waals surface area (Å²) in [6.07, 6.45) is 2.64. The Hall–Kier alpha value is -0.480. The summed E-state index contributed by atoms with van der Waals surface area (Å²) in [6, 6.07) is 0. The summed E-state index contributed by atoms with van der Waals surface area (Å²) in [6.45, 7) is 1.83. The predicted molar refractivity (Wildman–Crippen MR) is 45.5 cm³/mol. The Morgan fingerprint density at radius 2 is 2.18 bits per heavy atom. The van der Waals surface area contributed by atoms with Crippen molar-refractivity contribution >= 4 is 15.9 Å². The van der Waals surface area contributed by atoms with Gasteiger partial charge in [0.15, 0.2) is 0 Å². The Bertz CT molecular complexity index is 242. The molecule has 0 radical (unpaired) electrons. The Kier molecular flexibility index (Phi) is 2.96. The van der Waals surface area contributed by atoms with Gasteiger partial charge in [0.05, 0.1) is 11.4 Å². The number of aromatic nitrogens is 2. The first-order valence-corrected chi connectivity index (χ1v) is 4.39. The van der Waals surface area contributed by atoms with Crippen molar-refractivity contribution in [1.82, 2.24) is 9.97 Å². The lowest BCUT2D eigenvalue weighted by Gasteiger charge is -2.06. The smallest absolute Gasteiger partial charge is 0.107 e. The minimum absolute atomic E-state index is 0.493. The molecule has 0 bridgehead atoms. The van der Waals surface area contributed by atoms with Gasteiger partial charge in [-0.3, -0.25) is 9.97 Å². The molecule has 1 atom stereocenters. The van der Waals surface area contributed by atoms with Gasteiger partial charge in [-0.2, -0.15) is 0 Å². The Balaban J connectivity index is 2.93.